The summed E-state index contributed by atoms with van der Waals surface area (Å²) in [5, 5.41) is 10.1. The van der Waals surface area contributed by atoms with E-state index < -0.39 is 5.82 Å². The van der Waals surface area contributed by atoms with Gasteiger partial charge in [0.1, 0.15) is 5.75 Å². The SMILES string of the molecule is C#Cc1c(F)cnc2cc(O)cc(CC)c12. The summed E-state index contributed by atoms with van der Waals surface area (Å²) >= 11 is 0. The number of halogens is 1. The average molecular weight is 215 g/mol. The highest BCUT2D eigenvalue weighted by Crippen LogP contribution is 2.27. The third-order valence-corrected chi connectivity index (χ3v) is 2.52. The molecule has 80 valence electrons. The molecule has 0 unspecified atom stereocenters. The molecule has 0 amide bonds. The maximum absolute atomic E-state index is 13.5. The van der Waals surface area contributed by atoms with Crippen molar-refractivity contribution in [3.05, 3.63) is 35.3 Å². The lowest BCUT2D eigenvalue weighted by atomic mass is 10.0. The van der Waals surface area contributed by atoms with Gasteiger partial charge in [-0.05, 0) is 18.1 Å². The smallest absolute Gasteiger partial charge is 0.157 e. The Bertz CT molecular complexity index is 599. The first-order chi connectivity index (χ1) is 7.67. The van der Waals surface area contributed by atoms with Gasteiger partial charge in [-0.3, -0.25) is 4.98 Å². The van der Waals surface area contributed by atoms with Crippen molar-refractivity contribution in [3.8, 4) is 18.1 Å². The van der Waals surface area contributed by atoms with Crippen molar-refractivity contribution >= 4 is 10.9 Å². The Kier molecular flexibility index (Phi) is 2.49. The predicted octanol–water partition coefficient (Wildman–Crippen LogP) is 2.62. The number of phenolic OH excluding ortho intramolecular Hbond substituents is 1. The van der Waals surface area contributed by atoms with E-state index in [1.807, 2.05) is 6.92 Å². The van der Waals surface area contributed by atoms with Crippen molar-refractivity contribution in [2.24, 2.45) is 0 Å². The molecule has 0 radical (unpaired) electrons. The summed E-state index contributed by atoms with van der Waals surface area (Å²) < 4.78 is 13.5. The van der Waals surface area contributed by atoms with E-state index in [9.17, 15) is 9.50 Å². The molecule has 1 aromatic carbocycles. The third kappa shape index (κ3) is 1.49. The molecule has 16 heavy (non-hydrogen) atoms. The number of benzene rings is 1. The zero-order valence-corrected chi connectivity index (χ0v) is 8.79. The number of fused-ring (bicyclic) bond motifs is 1. The van der Waals surface area contributed by atoms with E-state index in [-0.39, 0.29) is 11.3 Å². The molecular formula is C13H10FNO. The van der Waals surface area contributed by atoms with E-state index in [1.165, 1.54) is 6.07 Å². The van der Waals surface area contributed by atoms with Crippen LogP contribution in [0.25, 0.3) is 10.9 Å². The fourth-order valence-electron chi connectivity index (χ4n) is 1.79. The van der Waals surface area contributed by atoms with Crippen LogP contribution < -0.4 is 0 Å². The van der Waals surface area contributed by atoms with Gasteiger partial charge in [0.05, 0.1) is 17.3 Å². The van der Waals surface area contributed by atoms with Gasteiger partial charge >= 0.3 is 0 Å². The van der Waals surface area contributed by atoms with Crippen LogP contribution in [-0.4, -0.2) is 10.1 Å². The number of aryl methyl sites for hydroxylation is 1. The van der Waals surface area contributed by atoms with Crippen molar-refractivity contribution in [2.75, 3.05) is 0 Å². The number of phenols is 1. The first-order valence-electron chi connectivity index (χ1n) is 4.94. The van der Waals surface area contributed by atoms with Gasteiger partial charge in [0.2, 0.25) is 0 Å². The summed E-state index contributed by atoms with van der Waals surface area (Å²) in [5.74, 6) is 1.95. The molecule has 1 N–H and O–H groups in total. The van der Waals surface area contributed by atoms with E-state index in [0.717, 1.165) is 11.8 Å². The van der Waals surface area contributed by atoms with E-state index in [0.29, 0.717) is 17.3 Å². The molecule has 0 bridgehead atoms. The fraction of sp³-hybridized carbons (Fsp3) is 0.154. The van der Waals surface area contributed by atoms with Gasteiger partial charge in [0.15, 0.2) is 5.82 Å². The van der Waals surface area contributed by atoms with Gasteiger partial charge in [-0.15, -0.1) is 6.42 Å². The average Bonchev–Trinajstić information content (AvgIpc) is 2.28. The standard InChI is InChI=1S/C13H10FNO/c1-3-8-5-9(16)6-12-13(8)10(4-2)11(14)7-15-12/h2,5-7,16H,3H2,1H3. The first kappa shape index (κ1) is 10.4. The summed E-state index contributed by atoms with van der Waals surface area (Å²) in [7, 11) is 0. The quantitative estimate of drug-likeness (QED) is 0.742. The van der Waals surface area contributed by atoms with Gasteiger partial charge in [-0.25, -0.2) is 4.39 Å². The number of nitrogens with zero attached hydrogens (tertiary/aromatic N) is 1. The Morgan fingerprint density at radius 2 is 2.25 bits per heavy atom. The third-order valence-electron chi connectivity index (χ3n) is 2.52. The maximum Gasteiger partial charge on any atom is 0.157 e. The fourth-order valence-corrected chi connectivity index (χ4v) is 1.79. The summed E-state index contributed by atoms with van der Waals surface area (Å²) in [5.41, 5.74) is 1.53. The predicted molar refractivity (Wildman–Crippen MR) is 60.7 cm³/mol. The zero-order valence-electron chi connectivity index (χ0n) is 8.79. The van der Waals surface area contributed by atoms with Crippen molar-refractivity contribution in [1.82, 2.24) is 4.98 Å². The largest absolute Gasteiger partial charge is 0.508 e. The number of aromatic hydroxyl groups is 1. The maximum atomic E-state index is 13.5. The molecule has 0 aliphatic rings. The van der Waals surface area contributed by atoms with Gasteiger partial charge < -0.3 is 5.11 Å². The normalized spacial score (nSPS) is 10.3. The highest BCUT2D eigenvalue weighted by atomic mass is 19.1. The first-order valence-corrected chi connectivity index (χ1v) is 4.94. The van der Waals surface area contributed by atoms with Gasteiger partial charge in [-0.2, -0.15) is 0 Å². The van der Waals surface area contributed by atoms with Crippen molar-refractivity contribution in [2.45, 2.75) is 13.3 Å². The van der Waals surface area contributed by atoms with Crippen LogP contribution in [0.1, 0.15) is 18.1 Å². The van der Waals surface area contributed by atoms with Crippen LogP contribution in [0.15, 0.2) is 18.3 Å². The number of hydrogen-bond acceptors (Lipinski definition) is 2. The molecule has 1 aromatic heterocycles. The highest BCUT2D eigenvalue weighted by molar-refractivity contribution is 5.89. The topological polar surface area (TPSA) is 33.1 Å². The Balaban J connectivity index is 2.97. The molecule has 0 atom stereocenters. The van der Waals surface area contributed by atoms with E-state index in [4.69, 9.17) is 6.42 Å². The van der Waals surface area contributed by atoms with Crippen molar-refractivity contribution in [1.29, 1.82) is 0 Å². The van der Waals surface area contributed by atoms with Gasteiger partial charge in [0, 0.05) is 11.5 Å². The van der Waals surface area contributed by atoms with E-state index >= 15 is 0 Å². The minimum absolute atomic E-state index is 0.117. The van der Waals surface area contributed by atoms with Crippen LogP contribution >= 0.6 is 0 Å². The summed E-state index contributed by atoms with van der Waals surface area (Å²) in [6.07, 6.45) is 7.04. The molecule has 0 spiro atoms. The van der Waals surface area contributed by atoms with Crippen LogP contribution in [0, 0.1) is 18.2 Å². The Labute approximate surface area is 92.8 Å². The highest BCUT2D eigenvalue weighted by Gasteiger charge is 2.11. The van der Waals surface area contributed by atoms with Crippen LogP contribution in [-0.2, 0) is 6.42 Å². The second kappa shape index (κ2) is 3.82. The molecule has 0 fully saturated rings. The number of rotatable bonds is 1. The van der Waals surface area contributed by atoms with E-state index in [1.54, 1.807) is 6.07 Å². The molecule has 2 aromatic rings. The Hall–Kier alpha value is -2.08. The van der Waals surface area contributed by atoms with Crippen molar-refractivity contribution in [3.63, 3.8) is 0 Å². The molecular weight excluding hydrogens is 205 g/mol. The molecule has 0 saturated heterocycles. The van der Waals surface area contributed by atoms with Gasteiger partial charge in [0.25, 0.3) is 0 Å². The van der Waals surface area contributed by atoms with Crippen molar-refractivity contribution < 1.29 is 9.50 Å². The molecule has 0 aliphatic heterocycles. The second-order valence-electron chi connectivity index (χ2n) is 3.48. The molecule has 0 saturated carbocycles. The van der Waals surface area contributed by atoms with Crippen LogP contribution in [0.5, 0.6) is 5.75 Å². The lowest BCUT2D eigenvalue weighted by Crippen LogP contribution is -1.94. The van der Waals surface area contributed by atoms with Gasteiger partial charge in [-0.1, -0.05) is 12.8 Å². The lowest BCUT2D eigenvalue weighted by molar-refractivity contribution is 0.475. The van der Waals surface area contributed by atoms with E-state index in [2.05, 4.69) is 10.9 Å². The molecule has 0 aliphatic carbocycles. The number of terminal acetylenes is 1. The molecule has 3 heteroatoms. The molecule has 2 nitrogen and oxygen atoms in total. The second-order valence-corrected chi connectivity index (χ2v) is 3.48. The van der Waals surface area contributed by atoms with Crippen LogP contribution in [0.2, 0.25) is 0 Å². The molecule has 1 heterocycles. The summed E-state index contributed by atoms with van der Waals surface area (Å²) in [6.45, 7) is 1.92. The minimum Gasteiger partial charge on any atom is -0.508 e. The van der Waals surface area contributed by atoms with Crippen LogP contribution in [0.4, 0.5) is 4.39 Å². The Morgan fingerprint density at radius 3 is 2.88 bits per heavy atom. The zero-order chi connectivity index (χ0) is 11.7. The minimum atomic E-state index is -0.504. The Morgan fingerprint density at radius 1 is 1.50 bits per heavy atom. The number of aromatic nitrogens is 1. The number of pyridine rings is 1. The summed E-state index contributed by atoms with van der Waals surface area (Å²) in [6, 6.07) is 3.07. The van der Waals surface area contributed by atoms with Crippen LogP contribution in [0.3, 0.4) is 0 Å². The molecule has 2 rings (SSSR count). The number of hydrogen-bond donors (Lipinski definition) is 1. The monoisotopic (exact) mass is 215 g/mol. The lowest BCUT2D eigenvalue weighted by Gasteiger charge is -2.07. The summed E-state index contributed by atoms with van der Waals surface area (Å²) in [4.78, 5) is 3.93.